The first kappa shape index (κ1) is 20.1. The maximum atomic E-state index is 13.0. The quantitative estimate of drug-likeness (QED) is 0.670. The number of aryl methyl sites for hydroxylation is 1. The minimum absolute atomic E-state index is 0.216. The number of amides is 2. The summed E-state index contributed by atoms with van der Waals surface area (Å²) in [5, 5.41) is 6.35. The summed E-state index contributed by atoms with van der Waals surface area (Å²) in [5.74, 6) is 0.809. The number of hydrogen-bond acceptors (Lipinski definition) is 5. The number of anilines is 1. The number of aromatic nitrogens is 1. The fourth-order valence-corrected chi connectivity index (χ4v) is 3.07. The van der Waals surface area contributed by atoms with Crippen molar-refractivity contribution in [3.8, 4) is 11.5 Å². The van der Waals surface area contributed by atoms with E-state index in [-0.39, 0.29) is 18.4 Å². The number of methoxy groups -OCH3 is 2. The van der Waals surface area contributed by atoms with Crippen LogP contribution in [0.25, 0.3) is 10.9 Å². The van der Waals surface area contributed by atoms with Crippen LogP contribution in [0.5, 0.6) is 11.5 Å². The summed E-state index contributed by atoms with van der Waals surface area (Å²) < 4.78 is 10.6. The highest BCUT2D eigenvalue weighted by molar-refractivity contribution is 6.08. The first-order valence-corrected chi connectivity index (χ1v) is 9.09. The Morgan fingerprint density at radius 3 is 2.52 bits per heavy atom. The molecule has 0 saturated carbocycles. The zero-order chi connectivity index (χ0) is 21.0. The summed E-state index contributed by atoms with van der Waals surface area (Å²) in [5.41, 5.74) is 3.25. The zero-order valence-electron chi connectivity index (χ0n) is 16.8. The predicted octanol–water partition coefficient (Wildman–Crippen LogP) is 3.45. The van der Waals surface area contributed by atoms with Gasteiger partial charge in [0.2, 0.25) is 5.91 Å². The minimum Gasteiger partial charge on any atom is -0.497 e. The third kappa shape index (κ3) is 4.63. The molecular formula is C22H23N3O4. The number of ether oxygens (including phenoxy) is 2. The van der Waals surface area contributed by atoms with Gasteiger partial charge in [-0.15, -0.1) is 0 Å². The van der Waals surface area contributed by atoms with E-state index >= 15 is 0 Å². The van der Waals surface area contributed by atoms with Crippen LogP contribution in [0, 0.1) is 6.92 Å². The molecule has 3 aromatic rings. The lowest BCUT2D eigenvalue weighted by atomic mass is 10.1. The van der Waals surface area contributed by atoms with Gasteiger partial charge in [0.05, 0.1) is 25.3 Å². The number of carbonyl (C=O) groups is 2. The van der Waals surface area contributed by atoms with E-state index in [1.807, 2.05) is 31.2 Å². The van der Waals surface area contributed by atoms with Gasteiger partial charge in [0.1, 0.15) is 11.5 Å². The molecule has 0 aliphatic rings. The second-order valence-corrected chi connectivity index (χ2v) is 6.58. The average molecular weight is 393 g/mol. The van der Waals surface area contributed by atoms with Crippen molar-refractivity contribution in [2.45, 2.75) is 20.4 Å². The summed E-state index contributed by atoms with van der Waals surface area (Å²) in [7, 11) is 3.15. The first-order valence-electron chi connectivity index (χ1n) is 9.09. The van der Waals surface area contributed by atoms with Crippen molar-refractivity contribution in [3.63, 3.8) is 0 Å². The zero-order valence-corrected chi connectivity index (χ0v) is 16.8. The van der Waals surface area contributed by atoms with Gasteiger partial charge in [0.25, 0.3) is 5.91 Å². The molecule has 2 amide bonds. The highest BCUT2D eigenvalue weighted by atomic mass is 16.5. The fraction of sp³-hybridized carbons (Fsp3) is 0.227. The van der Waals surface area contributed by atoms with Gasteiger partial charge in [-0.05, 0) is 37.3 Å². The van der Waals surface area contributed by atoms with E-state index in [1.165, 1.54) is 6.92 Å². The second-order valence-electron chi connectivity index (χ2n) is 6.58. The number of rotatable bonds is 6. The lowest BCUT2D eigenvalue weighted by molar-refractivity contribution is -0.114. The highest BCUT2D eigenvalue weighted by Crippen LogP contribution is 2.26. The molecule has 0 fully saturated rings. The van der Waals surface area contributed by atoms with Crippen LogP contribution in [-0.2, 0) is 11.3 Å². The molecule has 2 aromatic carbocycles. The van der Waals surface area contributed by atoms with E-state index in [1.54, 1.807) is 32.4 Å². The van der Waals surface area contributed by atoms with E-state index in [4.69, 9.17) is 9.47 Å². The second kappa shape index (κ2) is 8.60. The summed E-state index contributed by atoms with van der Waals surface area (Å²) >= 11 is 0. The Morgan fingerprint density at radius 2 is 1.83 bits per heavy atom. The molecule has 1 heterocycles. The maximum Gasteiger partial charge on any atom is 0.252 e. The third-order valence-electron chi connectivity index (χ3n) is 4.44. The van der Waals surface area contributed by atoms with E-state index in [2.05, 4.69) is 15.6 Å². The van der Waals surface area contributed by atoms with Gasteiger partial charge in [-0.2, -0.15) is 0 Å². The van der Waals surface area contributed by atoms with Crippen LogP contribution in [0.4, 0.5) is 5.69 Å². The Hall–Kier alpha value is -3.61. The molecule has 0 saturated heterocycles. The van der Waals surface area contributed by atoms with Gasteiger partial charge in [-0.3, -0.25) is 14.6 Å². The van der Waals surface area contributed by atoms with Crippen molar-refractivity contribution in [3.05, 3.63) is 59.3 Å². The van der Waals surface area contributed by atoms with E-state index in [0.717, 1.165) is 11.3 Å². The van der Waals surface area contributed by atoms with Crippen LogP contribution in [0.3, 0.4) is 0 Å². The summed E-state index contributed by atoms with van der Waals surface area (Å²) in [6, 6.07) is 12.5. The fourth-order valence-electron chi connectivity index (χ4n) is 3.07. The molecule has 0 aliphatic heterocycles. The molecule has 29 heavy (non-hydrogen) atoms. The molecule has 0 spiro atoms. The SMILES string of the molecule is COc1ccc(CNC(=O)c2cc(NC(C)=O)cc3nc(C)ccc23)c(OC)c1. The van der Waals surface area contributed by atoms with Crippen molar-refractivity contribution in [2.24, 2.45) is 0 Å². The van der Waals surface area contributed by atoms with Crippen molar-refractivity contribution in [1.82, 2.24) is 10.3 Å². The van der Waals surface area contributed by atoms with Gasteiger partial charge in [-0.1, -0.05) is 6.07 Å². The molecule has 0 radical (unpaired) electrons. The Balaban J connectivity index is 1.91. The lowest BCUT2D eigenvalue weighted by Gasteiger charge is -2.13. The first-order chi connectivity index (χ1) is 13.9. The Bertz CT molecular complexity index is 1080. The number of pyridine rings is 1. The van der Waals surface area contributed by atoms with Gasteiger partial charge in [0, 0.05) is 41.9 Å². The summed E-state index contributed by atoms with van der Waals surface area (Å²) in [4.78, 5) is 28.9. The standard InChI is InChI=1S/C22H23N3O4/c1-13-5-8-18-19(9-16(25-14(2)26)10-20(18)24-13)22(27)23-12-15-6-7-17(28-3)11-21(15)29-4/h5-11H,12H2,1-4H3,(H,23,27)(H,25,26). The van der Waals surface area contributed by atoms with Gasteiger partial charge in [-0.25, -0.2) is 0 Å². The average Bonchev–Trinajstić information content (AvgIpc) is 2.70. The number of fused-ring (bicyclic) bond motifs is 1. The number of hydrogen-bond donors (Lipinski definition) is 2. The number of benzene rings is 2. The minimum atomic E-state index is -0.272. The molecule has 7 heteroatoms. The van der Waals surface area contributed by atoms with Crippen LogP contribution >= 0.6 is 0 Å². The predicted molar refractivity (Wildman–Crippen MR) is 111 cm³/mol. The van der Waals surface area contributed by atoms with E-state index in [0.29, 0.717) is 33.7 Å². The van der Waals surface area contributed by atoms with Crippen molar-refractivity contribution in [1.29, 1.82) is 0 Å². The molecular weight excluding hydrogens is 370 g/mol. The van der Waals surface area contributed by atoms with Gasteiger partial charge in [0.15, 0.2) is 0 Å². The molecule has 0 aliphatic carbocycles. The largest absolute Gasteiger partial charge is 0.497 e. The monoisotopic (exact) mass is 393 g/mol. The molecule has 0 atom stereocenters. The number of carbonyl (C=O) groups excluding carboxylic acids is 2. The molecule has 0 bridgehead atoms. The maximum absolute atomic E-state index is 13.0. The Labute approximate surface area is 169 Å². The molecule has 0 unspecified atom stereocenters. The number of nitrogens with zero attached hydrogens (tertiary/aromatic N) is 1. The number of nitrogens with one attached hydrogen (secondary N) is 2. The lowest BCUT2D eigenvalue weighted by Crippen LogP contribution is -2.23. The summed E-state index contributed by atoms with van der Waals surface area (Å²) in [6.07, 6.45) is 0. The molecule has 7 nitrogen and oxygen atoms in total. The molecule has 3 rings (SSSR count). The van der Waals surface area contributed by atoms with E-state index in [9.17, 15) is 9.59 Å². The topological polar surface area (TPSA) is 89.6 Å². The van der Waals surface area contributed by atoms with Crippen LogP contribution in [0.15, 0.2) is 42.5 Å². The summed E-state index contributed by atoms with van der Waals surface area (Å²) in [6.45, 7) is 3.57. The van der Waals surface area contributed by atoms with Crippen LogP contribution in [0.2, 0.25) is 0 Å². The van der Waals surface area contributed by atoms with Crippen LogP contribution < -0.4 is 20.1 Å². The van der Waals surface area contributed by atoms with Gasteiger partial charge < -0.3 is 20.1 Å². The molecule has 150 valence electrons. The smallest absolute Gasteiger partial charge is 0.252 e. The van der Waals surface area contributed by atoms with Crippen molar-refractivity contribution in [2.75, 3.05) is 19.5 Å². The normalized spacial score (nSPS) is 10.5. The Kier molecular flexibility index (Phi) is 5.97. The van der Waals surface area contributed by atoms with Crippen molar-refractivity contribution < 1.29 is 19.1 Å². The molecule has 1 aromatic heterocycles. The van der Waals surface area contributed by atoms with Crippen LogP contribution in [0.1, 0.15) is 28.5 Å². The van der Waals surface area contributed by atoms with Gasteiger partial charge >= 0.3 is 0 Å². The van der Waals surface area contributed by atoms with E-state index < -0.39 is 0 Å². The van der Waals surface area contributed by atoms with Crippen molar-refractivity contribution >= 4 is 28.4 Å². The highest BCUT2D eigenvalue weighted by Gasteiger charge is 2.15. The van der Waals surface area contributed by atoms with Crippen LogP contribution in [-0.4, -0.2) is 31.0 Å². The Morgan fingerprint density at radius 1 is 1.03 bits per heavy atom. The molecule has 2 N–H and O–H groups in total. The third-order valence-corrected chi connectivity index (χ3v) is 4.44.